The van der Waals surface area contributed by atoms with Gasteiger partial charge in [-0.3, -0.25) is 10.1 Å². The lowest BCUT2D eigenvalue weighted by Gasteiger charge is -2.34. The molecule has 0 bridgehead atoms. The molecule has 2 aromatic rings. The standard InChI is InChI=1S/C28H36N4S/c1-6-8-12-27-28(30-18-20(3)4)31-25(23-10-9-11-24(17-23)33-29)19-32(27)26(7-2)22-15-13-21(5)14-16-22/h7,9-17,19-20H,6,8,18,29H2,1-5H3,(H,30,31)/b26-7-,27-12+. The average Bonchev–Trinajstić information content (AvgIpc) is 2.83. The molecule has 0 fully saturated rings. The Morgan fingerprint density at radius 1 is 1.18 bits per heavy atom. The quantitative estimate of drug-likeness (QED) is 0.418. The third-order valence-electron chi connectivity index (χ3n) is 5.42. The van der Waals surface area contributed by atoms with E-state index in [0.717, 1.165) is 52.8 Å². The van der Waals surface area contributed by atoms with E-state index in [4.69, 9.17) is 10.1 Å². The van der Waals surface area contributed by atoms with Gasteiger partial charge in [-0.25, -0.2) is 0 Å². The summed E-state index contributed by atoms with van der Waals surface area (Å²) in [4.78, 5) is 8.32. The zero-order chi connectivity index (χ0) is 23.8. The molecule has 1 aliphatic rings. The molecule has 174 valence electrons. The van der Waals surface area contributed by atoms with Gasteiger partial charge in [0.2, 0.25) is 0 Å². The largest absolute Gasteiger partial charge is 0.337 e. The van der Waals surface area contributed by atoms with Crippen molar-refractivity contribution in [2.75, 3.05) is 6.54 Å². The van der Waals surface area contributed by atoms with E-state index >= 15 is 0 Å². The third kappa shape index (κ3) is 6.40. The van der Waals surface area contributed by atoms with Gasteiger partial charge in [0.05, 0.1) is 11.4 Å². The number of aryl methyl sites for hydroxylation is 1. The van der Waals surface area contributed by atoms with Crippen LogP contribution < -0.4 is 10.5 Å². The summed E-state index contributed by atoms with van der Waals surface area (Å²) in [5.74, 6) is 1.39. The minimum Gasteiger partial charge on any atom is -0.337 e. The van der Waals surface area contributed by atoms with Crippen LogP contribution in [0.4, 0.5) is 0 Å². The van der Waals surface area contributed by atoms with Crippen LogP contribution >= 0.6 is 11.9 Å². The molecule has 0 atom stereocenters. The summed E-state index contributed by atoms with van der Waals surface area (Å²) in [6.07, 6.45) is 8.73. The molecule has 5 heteroatoms. The van der Waals surface area contributed by atoms with Crippen molar-refractivity contribution in [3.05, 3.63) is 89.3 Å². The highest BCUT2D eigenvalue weighted by molar-refractivity contribution is 7.97. The van der Waals surface area contributed by atoms with Crippen LogP contribution in [-0.4, -0.2) is 17.3 Å². The first kappa shape index (κ1) is 24.9. The van der Waals surface area contributed by atoms with Crippen molar-refractivity contribution in [3.8, 4) is 0 Å². The Bertz CT molecular complexity index is 1060. The molecule has 2 aromatic carbocycles. The second-order valence-corrected chi connectivity index (χ2v) is 9.39. The molecule has 3 N–H and O–H groups in total. The van der Waals surface area contributed by atoms with Gasteiger partial charge < -0.3 is 10.2 Å². The topological polar surface area (TPSA) is 53.6 Å². The fourth-order valence-electron chi connectivity index (χ4n) is 3.66. The van der Waals surface area contributed by atoms with E-state index in [2.05, 4.69) is 99.6 Å². The molecule has 0 radical (unpaired) electrons. The van der Waals surface area contributed by atoms with Crippen molar-refractivity contribution in [1.82, 2.24) is 10.2 Å². The SMILES string of the molecule is C/C=C(/c1ccc(C)cc1)N1C=C(c2cccc(SN)c2)NC(=NCC(C)C)/C1=C\CCC. The van der Waals surface area contributed by atoms with Crippen LogP contribution in [0.25, 0.3) is 11.4 Å². The van der Waals surface area contributed by atoms with Crippen LogP contribution in [0.5, 0.6) is 0 Å². The minimum atomic E-state index is 0.477. The molecule has 0 saturated carbocycles. The summed E-state index contributed by atoms with van der Waals surface area (Å²) in [5.41, 5.74) is 6.76. The Morgan fingerprint density at radius 3 is 2.58 bits per heavy atom. The Hall–Kier alpha value is -2.76. The summed E-state index contributed by atoms with van der Waals surface area (Å²) in [6.45, 7) is 11.6. The maximum absolute atomic E-state index is 5.84. The average molecular weight is 461 g/mol. The second kappa shape index (κ2) is 11.9. The molecule has 0 spiro atoms. The first-order chi connectivity index (χ1) is 16.0. The molecular weight excluding hydrogens is 424 g/mol. The van der Waals surface area contributed by atoms with Crippen molar-refractivity contribution in [2.45, 2.75) is 52.4 Å². The van der Waals surface area contributed by atoms with E-state index in [1.54, 1.807) is 0 Å². The Kier molecular flexibility index (Phi) is 8.98. The predicted octanol–water partition coefficient (Wildman–Crippen LogP) is 6.96. The number of rotatable bonds is 8. The molecule has 3 rings (SSSR count). The van der Waals surface area contributed by atoms with Crippen molar-refractivity contribution >= 4 is 29.2 Å². The number of hydrogen-bond donors (Lipinski definition) is 2. The number of nitrogens with zero attached hydrogens (tertiary/aromatic N) is 2. The van der Waals surface area contributed by atoms with Crippen LogP contribution in [-0.2, 0) is 0 Å². The maximum atomic E-state index is 5.84. The maximum Gasteiger partial charge on any atom is 0.149 e. The van der Waals surface area contributed by atoms with Gasteiger partial charge in [0.1, 0.15) is 5.84 Å². The fraction of sp³-hybridized carbons (Fsp3) is 0.321. The fourth-order valence-corrected chi connectivity index (χ4v) is 4.01. The summed E-state index contributed by atoms with van der Waals surface area (Å²) in [6, 6.07) is 17.0. The molecular formula is C28H36N4S. The summed E-state index contributed by atoms with van der Waals surface area (Å²) >= 11 is 1.26. The number of benzene rings is 2. The lowest BCUT2D eigenvalue weighted by atomic mass is 10.0. The highest BCUT2D eigenvalue weighted by Gasteiger charge is 2.25. The Morgan fingerprint density at radius 2 is 1.94 bits per heavy atom. The molecule has 0 unspecified atom stereocenters. The Balaban J connectivity index is 2.17. The van der Waals surface area contributed by atoms with Crippen molar-refractivity contribution < 1.29 is 0 Å². The van der Waals surface area contributed by atoms with Crippen molar-refractivity contribution in [1.29, 1.82) is 0 Å². The highest BCUT2D eigenvalue weighted by atomic mass is 32.2. The molecule has 33 heavy (non-hydrogen) atoms. The van der Waals surface area contributed by atoms with Crippen LogP contribution in [0.15, 0.2) is 82.5 Å². The van der Waals surface area contributed by atoms with E-state index < -0.39 is 0 Å². The van der Waals surface area contributed by atoms with Crippen molar-refractivity contribution in [3.63, 3.8) is 0 Å². The zero-order valence-corrected chi connectivity index (χ0v) is 21.2. The number of nitrogens with two attached hydrogens (primary N) is 1. The van der Waals surface area contributed by atoms with Crippen LogP contribution in [0.3, 0.4) is 0 Å². The van der Waals surface area contributed by atoms with Gasteiger partial charge in [0.15, 0.2) is 0 Å². The van der Waals surface area contributed by atoms with Gasteiger partial charge in [0, 0.05) is 28.9 Å². The molecule has 0 aliphatic carbocycles. The van der Waals surface area contributed by atoms with E-state index in [1.807, 2.05) is 12.1 Å². The number of unbranched alkanes of at least 4 members (excludes halogenated alkanes) is 1. The van der Waals surface area contributed by atoms with Gasteiger partial charge >= 0.3 is 0 Å². The first-order valence-electron chi connectivity index (χ1n) is 11.7. The van der Waals surface area contributed by atoms with Gasteiger partial charge in [-0.05, 0) is 55.8 Å². The van der Waals surface area contributed by atoms with Crippen LogP contribution in [0.2, 0.25) is 0 Å². The normalized spacial score (nSPS) is 17.0. The number of aliphatic imine (C=N–C) groups is 1. The second-order valence-electron chi connectivity index (χ2n) is 8.68. The predicted molar refractivity (Wildman–Crippen MR) is 144 cm³/mol. The Labute approximate surface area is 203 Å². The number of allylic oxidation sites excluding steroid dienone is 2. The monoisotopic (exact) mass is 460 g/mol. The molecule has 1 heterocycles. The lowest BCUT2D eigenvalue weighted by Crippen LogP contribution is -2.37. The van der Waals surface area contributed by atoms with Crippen molar-refractivity contribution in [2.24, 2.45) is 16.0 Å². The smallest absolute Gasteiger partial charge is 0.149 e. The van der Waals surface area contributed by atoms with Crippen LogP contribution in [0.1, 0.15) is 57.2 Å². The summed E-state index contributed by atoms with van der Waals surface area (Å²) < 4.78 is 0. The van der Waals surface area contributed by atoms with Gasteiger partial charge in [0.25, 0.3) is 0 Å². The molecule has 0 aromatic heterocycles. The van der Waals surface area contributed by atoms with E-state index in [-0.39, 0.29) is 0 Å². The van der Waals surface area contributed by atoms with E-state index in [0.29, 0.717) is 5.92 Å². The van der Waals surface area contributed by atoms with E-state index in [1.165, 1.54) is 23.1 Å². The molecule has 0 saturated heterocycles. The molecule has 4 nitrogen and oxygen atoms in total. The van der Waals surface area contributed by atoms with Gasteiger partial charge in [-0.2, -0.15) is 0 Å². The number of hydrogen-bond acceptors (Lipinski definition) is 4. The number of amidine groups is 1. The number of nitrogens with one attached hydrogen (secondary N) is 1. The summed E-state index contributed by atoms with van der Waals surface area (Å²) in [5, 5.41) is 9.47. The van der Waals surface area contributed by atoms with Gasteiger partial charge in [-0.15, -0.1) is 0 Å². The molecule has 0 amide bonds. The highest BCUT2D eigenvalue weighted by Crippen LogP contribution is 2.31. The molecule has 1 aliphatic heterocycles. The van der Waals surface area contributed by atoms with Crippen LogP contribution in [0, 0.1) is 12.8 Å². The third-order valence-corrected chi connectivity index (χ3v) is 5.94. The zero-order valence-electron chi connectivity index (χ0n) is 20.4. The minimum absolute atomic E-state index is 0.477. The van der Waals surface area contributed by atoms with E-state index in [9.17, 15) is 0 Å². The lowest BCUT2D eigenvalue weighted by molar-refractivity contribution is 0.643. The van der Waals surface area contributed by atoms with Gasteiger partial charge in [-0.1, -0.05) is 81.3 Å². The summed E-state index contributed by atoms with van der Waals surface area (Å²) in [7, 11) is 0. The first-order valence-corrected chi connectivity index (χ1v) is 12.6.